The van der Waals surface area contributed by atoms with Crippen LogP contribution in [0.25, 0.3) is 5.57 Å². The van der Waals surface area contributed by atoms with E-state index in [4.69, 9.17) is 9.47 Å². The van der Waals surface area contributed by atoms with Crippen LogP contribution in [0.5, 0.6) is 11.6 Å². The van der Waals surface area contributed by atoms with Crippen molar-refractivity contribution < 1.29 is 27.4 Å². The van der Waals surface area contributed by atoms with E-state index in [0.717, 1.165) is 12.1 Å². The Morgan fingerprint density at radius 2 is 1.96 bits per heavy atom. The van der Waals surface area contributed by atoms with Crippen molar-refractivity contribution in [1.29, 1.82) is 0 Å². The number of halogens is 3. The van der Waals surface area contributed by atoms with Gasteiger partial charge in [-0.25, -0.2) is 9.78 Å². The molecule has 0 spiro atoms. The lowest BCUT2D eigenvalue weighted by atomic mass is 10.1. The summed E-state index contributed by atoms with van der Waals surface area (Å²) in [6.45, 7) is 3.28. The summed E-state index contributed by atoms with van der Waals surface area (Å²) in [6.07, 6.45) is -1.25. The van der Waals surface area contributed by atoms with Crippen LogP contribution in [0.4, 0.5) is 13.2 Å². The number of methoxy groups -OCH3 is 1. The highest BCUT2D eigenvalue weighted by atomic mass is 32.2. The number of aryl methyl sites for hydroxylation is 1. The third kappa shape index (κ3) is 4.79. The van der Waals surface area contributed by atoms with Crippen molar-refractivity contribution in [1.82, 2.24) is 9.97 Å². The molecule has 1 aromatic heterocycles. The first-order valence-corrected chi connectivity index (χ1v) is 8.96. The minimum atomic E-state index is -4.51. The van der Waals surface area contributed by atoms with Gasteiger partial charge in [0.15, 0.2) is 5.16 Å². The SMILES string of the molecule is CC=C(C(=O)OC)c1c(C)nc(SC)nc1Oc1cccc(C(F)(F)F)c1. The first-order valence-electron chi connectivity index (χ1n) is 7.74. The van der Waals surface area contributed by atoms with E-state index in [9.17, 15) is 18.0 Å². The zero-order valence-corrected chi connectivity index (χ0v) is 15.9. The zero-order chi connectivity index (χ0) is 20.2. The summed E-state index contributed by atoms with van der Waals surface area (Å²) < 4.78 is 49.2. The number of allylic oxidation sites excluding steroid dienone is 1. The lowest BCUT2D eigenvalue weighted by molar-refractivity contribution is -0.137. The van der Waals surface area contributed by atoms with Gasteiger partial charge < -0.3 is 9.47 Å². The van der Waals surface area contributed by atoms with Gasteiger partial charge in [0.1, 0.15) is 5.75 Å². The van der Waals surface area contributed by atoms with Crippen LogP contribution in [0, 0.1) is 6.92 Å². The van der Waals surface area contributed by atoms with E-state index in [1.807, 2.05) is 0 Å². The molecule has 0 aliphatic rings. The fraction of sp³-hybridized carbons (Fsp3) is 0.278. The molecule has 0 saturated heterocycles. The monoisotopic (exact) mass is 398 g/mol. The highest BCUT2D eigenvalue weighted by Crippen LogP contribution is 2.35. The average Bonchev–Trinajstić information content (AvgIpc) is 2.63. The van der Waals surface area contributed by atoms with Crippen LogP contribution >= 0.6 is 11.8 Å². The molecular formula is C18H17F3N2O3S. The van der Waals surface area contributed by atoms with Crippen molar-refractivity contribution in [3.05, 3.63) is 47.2 Å². The minimum absolute atomic E-state index is 0.0234. The molecule has 2 rings (SSSR count). The third-order valence-corrected chi connectivity index (χ3v) is 4.11. The summed E-state index contributed by atoms with van der Waals surface area (Å²) in [7, 11) is 1.23. The van der Waals surface area contributed by atoms with Gasteiger partial charge in [0.05, 0.1) is 29.5 Å². The van der Waals surface area contributed by atoms with Crippen LogP contribution in [0.2, 0.25) is 0 Å². The molecule has 2 aromatic rings. The number of benzene rings is 1. The largest absolute Gasteiger partial charge is 0.465 e. The molecule has 5 nitrogen and oxygen atoms in total. The zero-order valence-electron chi connectivity index (χ0n) is 15.0. The molecule has 0 fully saturated rings. The van der Waals surface area contributed by atoms with Crippen LogP contribution in [-0.4, -0.2) is 29.3 Å². The molecule has 144 valence electrons. The molecular weight excluding hydrogens is 381 g/mol. The van der Waals surface area contributed by atoms with Gasteiger partial charge in [0.25, 0.3) is 0 Å². The maximum atomic E-state index is 12.9. The smallest absolute Gasteiger partial charge is 0.416 e. The number of nitrogens with zero attached hydrogens (tertiary/aromatic N) is 2. The molecule has 9 heteroatoms. The van der Waals surface area contributed by atoms with Gasteiger partial charge in [-0.15, -0.1) is 0 Å². The fourth-order valence-electron chi connectivity index (χ4n) is 2.32. The van der Waals surface area contributed by atoms with Crippen LogP contribution in [-0.2, 0) is 15.7 Å². The van der Waals surface area contributed by atoms with E-state index in [2.05, 4.69) is 9.97 Å². The molecule has 0 unspecified atom stereocenters. The number of rotatable bonds is 5. The van der Waals surface area contributed by atoms with E-state index in [0.29, 0.717) is 10.9 Å². The average molecular weight is 398 g/mol. The van der Waals surface area contributed by atoms with Gasteiger partial charge in [-0.3, -0.25) is 0 Å². The number of carbonyl (C=O) groups is 1. The minimum Gasteiger partial charge on any atom is -0.465 e. The van der Waals surface area contributed by atoms with E-state index in [1.54, 1.807) is 20.1 Å². The first-order chi connectivity index (χ1) is 12.7. The Bertz CT molecular complexity index is 883. The second kappa shape index (κ2) is 8.43. The number of hydrogen-bond acceptors (Lipinski definition) is 6. The molecule has 0 aliphatic carbocycles. The molecule has 1 heterocycles. The van der Waals surface area contributed by atoms with E-state index in [1.165, 1.54) is 37.1 Å². The Kier molecular flexibility index (Phi) is 6.48. The normalized spacial score (nSPS) is 12.0. The molecule has 0 amide bonds. The van der Waals surface area contributed by atoms with Gasteiger partial charge in [-0.05, 0) is 38.3 Å². The number of ether oxygens (including phenoxy) is 2. The maximum absolute atomic E-state index is 12.9. The molecule has 0 aliphatic heterocycles. The Hall–Kier alpha value is -2.55. The summed E-state index contributed by atoms with van der Waals surface area (Å²) >= 11 is 1.24. The van der Waals surface area contributed by atoms with Crippen molar-refractivity contribution in [2.45, 2.75) is 25.2 Å². The number of thioether (sulfide) groups is 1. The number of esters is 1. The fourth-order valence-corrected chi connectivity index (χ4v) is 2.72. The summed E-state index contributed by atoms with van der Waals surface area (Å²) in [5, 5.41) is 0.360. The summed E-state index contributed by atoms with van der Waals surface area (Å²) in [5.41, 5.74) is 0.00987. The van der Waals surface area contributed by atoms with Gasteiger partial charge in [0, 0.05) is 0 Å². The van der Waals surface area contributed by atoms with Crippen molar-refractivity contribution in [3.8, 4) is 11.6 Å². The lowest BCUT2D eigenvalue weighted by Gasteiger charge is -2.15. The topological polar surface area (TPSA) is 61.3 Å². The van der Waals surface area contributed by atoms with Crippen molar-refractivity contribution >= 4 is 23.3 Å². The Balaban J connectivity index is 2.59. The first kappa shape index (κ1) is 20.8. The predicted octanol–water partition coefficient (Wildman–Crippen LogP) is 4.89. The quantitative estimate of drug-likeness (QED) is 0.309. The van der Waals surface area contributed by atoms with Crippen LogP contribution in [0.1, 0.15) is 23.7 Å². The number of alkyl halides is 3. The van der Waals surface area contributed by atoms with Gasteiger partial charge in [0.2, 0.25) is 5.88 Å². The predicted molar refractivity (Wildman–Crippen MR) is 95.7 cm³/mol. The Labute approximate surface area is 158 Å². The molecule has 0 atom stereocenters. The lowest BCUT2D eigenvalue weighted by Crippen LogP contribution is -2.10. The molecule has 0 saturated carbocycles. The summed E-state index contributed by atoms with van der Waals surface area (Å²) in [5.74, 6) is -0.712. The molecule has 1 aromatic carbocycles. The van der Waals surface area contributed by atoms with E-state index < -0.39 is 17.7 Å². The highest BCUT2D eigenvalue weighted by Gasteiger charge is 2.31. The standard InChI is InChI=1S/C18H17F3N2O3S/c1-5-13(16(24)25-3)14-10(2)22-17(27-4)23-15(14)26-12-8-6-7-11(9-12)18(19,20)21/h5-9H,1-4H3. The second-order valence-corrected chi connectivity index (χ2v) is 6.07. The van der Waals surface area contributed by atoms with Crippen LogP contribution in [0.3, 0.4) is 0 Å². The summed E-state index contributed by atoms with van der Waals surface area (Å²) in [4.78, 5) is 20.6. The van der Waals surface area contributed by atoms with Crippen LogP contribution < -0.4 is 4.74 Å². The van der Waals surface area contributed by atoms with Crippen molar-refractivity contribution in [3.63, 3.8) is 0 Å². The van der Waals surface area contributed by atoms with Crippen LogP contribution in [0.15, 0.2) is 35.5 Å². The molecule has 0 bridgehead atoms. The van der Waals surface area contributed by atoms with E-state index in [-0.39, 0.29) is 22.8 Å². The molecule has 0 radical (unpaired) electrons. The van der Waals surface area contributed by atoms with Crippen molar-refractivity contribution in [2.24, 2.45) is 0 Å². The Morgan fingerprint density at radius 3 is 2.52 bits per heavy atom. The maximum Gasteiger partial charge on any atom is 0.416 e. The van der Waals surface area contributed by atoms with E-state index >= 15 is 0 Å². The molecule has 27 heavy (non-hydrogen) atoms. The number of hydrogen-bond donors (Lipinski definition) is 0. The van der Waals surface area contributed by atoms with Gasteiger partial charge in [-0.1, -0.05) is 23.9 Å². The summed E-state index contributed by atoms with van der Waals surface area (Å²) in [6, 6.07) is 4.42. The Morgan fingerprint density at radius 1 is 1.26 bits per heavy atom. The van der Waals surface area contributed by atoms with Gasteiger partial charge in [-0.2, -0.15) is 18.2 Å². The van der Waals surface area contributed by atoms with Crippen molar-refractivity contribution in [2.75, 3.05) is 13.4 Å². The second-order valence-electron chi connectivity index (χ2n) is 5.30. The number of aromatic nitrogens is 2. The molecule has 0 N–H and O–H groups in total. The highest BCUT2D eigenvalue weighted by molar-refractivity contribution is 7.98. The number of carbonyl (C=O) groups excluding carboxylic acids is 1. The third-order valence-electron chi connectivity index (χ3n) is 3.56. The van der Waals surface area contributed by atoms with Gasteiger partial charge >= 0.3 is 12.1 Å².